The molecule has 138 valence electrons. The molecule has 1 aliphatic heterocycles. The van der Waals surface area contributed by atoms with E-state index >= 15 is 0 Å². The van der Waals surface area contributed by atoms with Crippen molar-refractivity contribution in [3.05, 3.63) is 71.4 Å². The predicted octanol–water partition coefficient (Wildman–Crippen LogP) is 4.64. The molecule has 1 saturated heterocycles. The van der Waals surface area contributed by atoms with Crippen LogP contribution in [-0.2, 0) is 0 Å². The van der Waals surface area contributed by atoms with Crippen LogP contribution in [0.1, 0.15) is 40.5 Å². The maximum absolute atomic E-state index is 13.1. The molecule has 0 aliphatic carbocycles. The van der Waals surface area contributed by atoms with Gasteiger partial charge < -0.3 is 14.2 Å². The standard InChI is InChI=1S/C22H22N2O3/c1-15-6-3-4-7-18(15)20-8-5-13-24(20)22(25)19-14-21(27-23-19)16-9-11-17(26-2)12-10-16/h3-4,6-7,9-12,14,20H,5,8,13H2,1-2H3/t20-/m1/s1. The van der Waals surface area contributed by atoms with E-state index in [-0.39, 0.29) is 11.9 Å². The quantitative estimate of drug-likeness (QED) is 0.679. The van der Waals surface area contributed by atoms with Crippen molar-refractivity contribution in [3.8, 4) is 17.1 Å². The summed E-state index contributed by atoms with van der Waals surface area (Å²) in [6.07, 6.45) is 1.97. The second-order valence-electron chi connectivity index (χ2n) is 6.82. The first-order chi connectivity index (χ1) is 13.2. The molecule has 0 spiro atoms. The van der Waals surface area contributed by atoms with E-state index in [0.29, 0.717) is 11.5 Å². The molecule has 0 saturated carbocycles. The summed E-state index contributed by atoms with van der Waals surface area (Å²) in [5, 5.41) is 4.03. The summed E-state index contributed by atoms with van der Waals surface area (Å²) < 4.78 is 10.6. The minimum absolute atomic E-state index is 0.0794. The molecule has 5 nitrogen and oxygen atoms in total. The molecule has 1 fully saturated rings. The van der Waals surface area contributed by atoms with Crippen molar-refractivity contribution < 1.29 is 14.1 Å². The van der Waals surface area contributed by atoms with Gasteiger partial charge in [-0.1, -0.05) is 29.4 Å². The first-order valence-electron chi connectivity index (χ1n) is 9.15. The Bertz CT molecular complexity index is 946. The monoisotopic (exact) mass is 362 g/mol. The molecule has 0 bridgehead atoms. The summed E-state index contributed by atoms with van der Waals surface area (Å²) in [7, 11) is 1.63. The summed E-state index contributed by atoms with van der Waals surface area (Å²) in [4.78, 5) is 15.0. The van der Waals surface area contributed by atoms with Crippen LogP contribution < -0.4 is 4.74 Å². The molecule has 1 aromatic heterocycles. The second-order valence-corrected chi connectivity index (χ2v) is 6.82. The van der Waals surface area contributed by atoms with Crippen LogP contribution in [0.2, 0.25) is 0 Å². The Morgan fingerprint density at radius 3 is 2.70 bits per heavy atom. The van der Waals surface area contributed by atoms with E-state index in [1.54, 1.807) is 13.2 Å². The third-order valence-electron chi connectivity index (χ3n) is 5.16. The number of aryl methyl sites for hydroxylation is 1. The number of likely N-dealkylation sites (tertiary alicyclic amines) is 1. The van der Waals surface area contributed by atoms with Gasteiger partial charge in [0, 0.05) is 18.2 Å². The Labute approximate surface area is 158 Å². The van der Waals surface area contributed by atoms with Crippen LogP contribution in [0, 0.1) is 6.92 Å². The van der Waals surface area contributed by atoms with E-state index in [1.165, 1.54) is 11.1 Å². The van der Waals surface area contributed by atoms with Crippen molar-refractivity contribution in [2.75, 3.05) is 13.7 Å². The van der Waals surface area contributed by atoms with E-state index in [0.717, 1.165) is 30.7 Å². The van der Waals surface area contributed by atoms with Crippen LogP contribution in [0.25, 0.3) is 11.3 Å². The number of ether oxygens (including phenoxy) is 1. The molecule has 1 aliphatic rings. The highest BCUT2D eigenvalue weighted by Crippen LogP contribution is 2.35. The average Bonchev–Trinajstić information content (AvgIpc) is 3.38. The zero-order chi connectivity index (χ0) is 18.8. The molecule has 0 N–H and O–H groups in total. The Kier molecular flexibility index (Phi) is 4.67. The summed E-state index contributed by atoms with van der Waals surface area (Å²) >= 11 is 0. The highest BCUT2D eigenvalue weighted by Gasteiger charge is 2.32. The van der Waals surface area contributed by atoms with Gasteiger partial charge in [-0.05, 0) is 55.2 Å². The summed E-state index contributed by atoms with van der Waals surface area (Å²) in [5.74, 6) is 1.27. The minimum atomic E-state index is -0.0794. The Morgan fingerprint density at radius 2 is 1.96 bits per heavy atom. The van der Waals surface area contributed by atoms with E-state index in [4.69, 9.17) is 9.26 Å². The van der Waals surface area contributed by atoms with Gasteiger partial charge in [0.1, 0.15) is 5.75 Å². The maximum atomic E-state index is 13.1. The fourth-order valence-electron chi connectivity index (χ4n) is 3.71. The molecule has 2 aromatic carbocycles. The zero-order valence-corrected chi connectivity index (χ0v) is 15.5. The van der Waals surface area contributed by atoms with Crippen molar-refractivity contribution in [1.82, 2.24) is 10.1 Å². The van der Waals surface area contributed by atoms with Crippen molar-refractivity contribution in [2.24, 2.45) is 0 Å². The fourth-order valence-corrected chi connectivity index (χ4v) is 3.71. The molecule has 0 unspecified atom stereocenters. The number of aromatic nitrogens is 1. The molecule has 5 heteroatoms. The van der Waals surface area contributed by atoms with E-state index in [9.17, 15) is 4.79 Å². The molecular formula is C22H22N2O3. The van der Waals surface area contributed by atoms with Crippen molar-refractivity contribution in [2.45, 2.75) is 25.8 Å². The van der Waals surface area contributed by atoms with Crippen LogP contribution in [0.4, 0.5) is 0 Å². The molecule has 0 radical (unpaired) electrons. The Balaban J connectivity index is 1.57. The number of methoxy groups -OCH3 is 1. The summed E-state index contributed by atoms with van der Waals surface area (Å²) in [5.41, 5.74) is 3.63. The molecule has 2 heterocycles. The number of carbonyl (C=O) groups excluding carboxylic acids is 1. The predicted molar refractivity (Wildman–Crippen MR) is 103 cm³/mol. The van der Waals surface area contributed by atoms with E-state index < -0.39 is 0 Å². The van der Waals surface area contributed by atoms with Gasteiger partial charge in [-0.2, -0.15) is 0 Å². The van der Waals surface area contributed by atoms with Gasteiger partial charge in [0.2, 0.25) is 0 Å². The first-order valence-corrected chi connectivity index (χ1v) is 9.15. The van der Waals surface area contributed by atoms with Crippen molar-refractivity contribution in [1.29, 1.82) is 0 Å². The number of benzene rings is 2. The van der Waals surface area contributed by atoms with Crippen LogP contribution >= 0.6 is 0 Å². The molecule has 1 amide bonds. The Morgan fingerprint density at radius 1 is 1.19 bits per heavy atom. The summed E-state index contributed by atoms with van der Waals surface area (Å²) in [6.45, 7) is 2.83. The lowest BCUT2D eigenvalue weighted by atomic mass is 9.99. The molecular weight excluding hydrogens is 340 g/mol. The zero-order valence-electron chi connectivity index (χ0n) is 15.5. The number of hydrogen-bond acceptors (Lipinski definition) is 4. The lowest BCUT2D eigenvalue weighted by Crippen LogP contribution is -2.31. The molecule has 3 aromatic rings. The summed E-state index contributed by atoms with van der Waals surface area (Å²) in [6, 6.07) is 17.6. The van der Waals surface area contributed by atoms with Crippen LogP contribution in [0.5, 0.6) is 5.75 Å². The highest BCUT2D eigenvalue weighted by atomic mass is 16.5. The minimum Gasteiger partial charge on any atom is -0.497 e. The van der Waals surface area contributed by atoms with Gasteiger partial charge in [0.05, 0.1) is 13.2 Å². The largest absolute Gasteiger partial charge is 0.497 e. The van der Waals surface area contributed by atoms with Gasteiger partial charge >= 0.3 is 0 Å². The normalized spacial score (nSPS) is 16.5. The lowest BCUT2D eigenvalue weighted by Gasteiger charge is -2.25. The van der Waals surface area contributed by atoms with E-state index in [2.05, 4.69) is 24.2 Å². The highest BCUT2D eigenvalue weighted by molar-refractivity contribution is 5.93. The lowest BCUT2D eigenvalue weighted by molar-refractivity contribution is 0.0725. The molecule has 4 rings (SSSR count). The van der Waals surface area contributed by atoms with Crippen molar-refractivity contribution >= 4 is 5.91 Å². The van der Waals surface area contributed by atoms with Gasteiger partial charge in [-0.3, -0.25) is 4.79 Å². The van der Waals surface area contributed by atoms with Crippen LogP contribution in [-0.4, -0.2) is 29.6 Å². The van der Waals surface area contributed by atoms with Gasteiger partial charge in [-0.15, -0.1) is 0 Å². The first kappa shape index (κ1) is 17.3. The third kappa shape index (κ3) is 3.33. The number of hydrogen-bond donors (Lipinski definition) is 0. The smallest absolute Gasteiger partial charge is 0.276 e. The maximum Gasteiger partial charge on any atom is 0.276 e. The Hall–Kier alpha value is -3.08. The van der Waals surface area contributed by atoms with E-state index in [1.807, 2.05) is 41.3 Å². The van der Waals surface area contributed by atoms with Crippen LogP contribution in [0.15, 0.2) is 59.1 Å². The van der Waals surface area contributed by atoms with Crippen molar-refractivity contribution in [3.63, 3.8) is 0 Å². The number of rotatable bonds is 4. The average molecular weight is 362 g/mol. The topological polar surface area (TPSA) is 55.6 Å². The number of amides is 1. The van der Waals surface area contributed by atoms with Gasteiger partial charge in [-0.25, -0.2) is 0 Å². The number of nitrogens with zero attached hydrogens (tertiary/aromatic N) is 2. The third-order valence-corrected chi connectivity index (χ3v) is 5.16. The second kappa shape index (κ2) is 7.27. The molecule has 1 atom stereocenters. The fraction of sp³-hybridized carbons (Fsp3) is 0.273. The van der Waals surface area contributed by atoms with Crippen LogP contribution in [0.3, 0.4) is 0 Å². The van der Waals surface area contributed by atoms with Gasteiger partial charge in [0.25, 0.3) is 5.91 Å². The molecule has 27 heavy (non-hydrogen) atoms. The SMILES string of the molecule is COc1ccc(-c2cc(C(=O)N3CCC[C@@H]3c3ccccc3C)no2)cc1. The van der Waals surface area contributed by atoms with Gasteiger partial charge in [0.15, 0.2) is 11.5 Å². The number of carbonyl (C=O) groups is 1.